The summed E-state index contributed by atoms with van der Waals surface area (Å²) in [6.07, 6.45) is 0. The Hall–Kier alpha value is -8.14. The van der Waals surface area contributed by atoms with Gasteiger partial charge in [-0.2, -0.15) is 0 Å². The van der Waals surface area contributed by atoms with E-state index in [4.69, 9.17) is 4.42 Å². The van der Waals surface area contributed by atoms with E-state index in [1.807, 2.05) is 12.1 Å². The van der Waals surface area contributed by atoms with Gasteiger partial charge < -0.3 is 13.9 Å². The number of hydrogen-bond acceptors (Lipinski definition) is 2. The number of anilines is 3. The van der Waals surface area contributed by atoms with E-state index in [-0.39, 0.29) is 0 Å². The fourth-order valence-electron chi connectivity index (χ4n) is 9.31. The summed E-state index contributed by atoms with van der Waals surface area (Å²) in [6, 6.07) is 83.0. The van der Waals surface area contributed by atoms with Crippen LogP contribution in [-0.4, -0.2) is 4.57 Å². The molecule has 61 heavy (non-hydrogen) atoms. The average Bonchev–Trinajstić information content (AvgIpc) is 3.87. The van der Waals surface area contributed by atoms with Gasteiger partial charge in [0.2, 0.25) is 0 Å². The van der Waals surface area contributed by atoms with Gasteiger partial charge in [0.15, 0.2) is 0 Å². The molecule has 286 valence electrons. The van der Waals surface area contributed by atoms with Crippen LogP contribution in [0.1, 0.15) is 0 Å². The van der Waals surface area contributed by atoms with Crippen LogP contribution < -0.4 is 4.90 Å². The SMILES string of the molecule is c1cc(-c2ccc(N(c3ccc4c(c3)oc3ccccc34)c3ccccc3-c3ccc4ccccc4c3)cc2)cc(-c2ccccc2-n2c3ccccc3c3ccccc32)c1. The molecular formula is C58H38N2O. The fourth-order valence-corrected chi connectivity index (χ4v) is 9.31. The van der Waals surface area contributed by atoms with Crippen molar-refractivity contribution in [3.63, 3.8) is 0 Å². The van der Waals surface area contributed by atoms with Gasteiger partial charge in [0.05, 0.1) is 22.4 Å². The van der Waals surface area contributed by atoms with E-state index in [0.29, 0.717) is 0 Å². The first kappa shape index (κ1) is 34.9. The lowest BCUT2D eigenvalue weighted by molar-refractivity contribution is 0.669. The molecule has 0 aliphatic rings. The molecule has 0 amide bonds. The van der Waals surface area contributed by atoms with Gasteiger partial charge in [0.1, 0.15) is 11.2 Å². The van der Waals surface area contributed by atoms with Crippen molar-refractivity contribution in [1.29, 1.82) is 0 Å². The van der Waals surface area contributed by atoms with Crippen LogP contribution in [0.5, 0.6) is 0 Å². The van der Waals surface area contributed by atoms with E-state index in [1.54, 1.807) is 0 Å². The van der Waals surface area contributed by atoms with Crippen molar-refractivity contribution in [3.8, 4) is 39.1 Å². The van der Waals surface area contributed by atoms with E-state index >= 15 is 0 Å². The highest BCUT2D eigenvalue weighted by molar-refractivity contribution is 6.10. The molecule has 0 saturated heterocycles. The van der Waals surface area contributed by atoms with Crippen LogP contribution in [0.4, 0.5) is 17.1 Å². The summed E-state index contributed by atoms with van der Waals surface area (Å²) < 4.78 is 8.86. The van der Waals surface area contributed by atoms with Gasteiger partial charge in [-0.1, -0.05) is 158 Å². The standard InChI is InChI=1S/C58H38N2O/c1-2-15-41-37-44(29-28-39(41)14-1)48-19-3-8-23-53(48)59(46-34-35-52-51-22-7-12-27-57(51)61-58(52)38-46)45-32-30-40(31-33-45)42-16-13-17-43(36-42)47-18-4-9-24-54(47)60-55-25-10-5-20-49(55)50-21-6-11-26-56(50)60/h1-38H. The molecule has 2 heterocycles. The largest absolute Gasteiger partial charge is 0.456 e. The lowest BCUT2D eigenvalue weighted by Gasteiger charge is -2.28. The predicted octanol–water partition coefficient (Wildman–Crippen LogP) is 16.3. The first-order chi connectivity index (χ1) is 30.2. The van der Waals surface area contributed by atoms with Crippen molar-refractivity contribution in [2.75, 3.05) is 4.90 Å². The summed E-state index contributed by atoms with van der Waals surface area (Å²) in [5.74, 6) is 0. The monoisotopic (exact) mass is 778 g/mol. The Kier molecular flexibility index (Phi) is 8.17. The highest BCUT2D eigenvalue weighted by Gasteiger charge is 2.20. The molecule has 3 nitrogen and oxygen atoms in total. The topological polar surface area (TPSA) is 21.3 Å². The molecule has 10 aromatic carbocycles. The Bertz CT molecular complexity index is 3560. The maximum Gasteiger partial charge on any atom is 0.137 e. The maximum absolute atomic E-state index is 6.45. The van der Waals surface area contributed by atoms with E-state index in [2.05, 4.69) is 228 Å². The van der Waals surface area contributed by atoms with Crippen LogP contribution >= 0.6 is 0 Å². The molecule has 0 bridgehead atoms. The highest BCUT2D eigenvalue weighted by atomic mass is 16.3. The van der Waals surface area contributed by atoms with Gasteiger partial charge in [-0.25, -0.2) is 0 Å². The molecule has 12 aromatic rings. The summed E-state index contributed by atoms with van der Waals surface area (Å²) in [4.78, 5) is 2.36. The van der Waals surface area contributed by atoms with Crippen molar-refractivity contribution < 1.29 is 4.42 Å². The van der Waals surface area contributed by atoms with Crippen LogP contribution in [0, 0.1) is 0 Å². The van der Waals surface area contributed by atoms with Crippen LogP contribution in [0.15, 0.2) is 235 Å². The smallest absolute Gasteiger partial charge is 0.137 e. The summed E-state index contributed by atoms with van der Waals surface area (Å²) >= 11 is 0. The van der Waals surface area contributed by atoms with Crippen molar-refractivity contribution in [3.05, 3.63) is 231 Å². The van der Waals surface area contributed by atoms with E-state index < -0.39 is 0 Å². The Morgan fingerprint density at radius 3 is 1.74 bits per heavy atom. The van der Waals surface area contributed by atoms with Crippen LogP contribution in [0.25, 0.3) is 93.6 Å². The number of nitrogens with zero attached hydrogens (tertiary/aromatic N) is 2. The lowest BCUT2D eigenvalue weighted by Crippen LogP contribution is -2.11. The molecular weight excluding hydrogens is 741 g/mol. The van der Waals surface area contributed by atoms with Gasteiger partial charge >= 0.3 is 0 Å². The second-order valence-corrected chi connectivity index (χ2v) is 15.7. The third-order valence-corrected chi connectivity index (χ3v) is 12.2. The van der Waals surface area contributed by atoms with Crippen LogP contribution in [-0.2, 0) is 0 Å². The third kappa shape index (κ3) is 5.90. The first-order valence-electron chi connectivity index (χ1n) is 20.8. The second-order valence-electron chi connectivity index (χ2n) is 15.7. The van der Waals surface area contributed by atoms with Crippen LogP contribution in [0.2, 0.25) is 0 Å². The van der Waals surface area contributed by atoms with Crippen molar-refractivity contribution >= 4 is 71.6 Å². The second kappa shape index (κ2) is 14.3. The normalized spacial score (nSPS) is 11.6. The highest BCUT2D eigenvalue weighted by Crippen LogP contribution is 2.44. The molecule has 0 unspecified atom stereocenters. The minimum atomic E-state index is 0.863. The molecule has 0 radical (unpaired) electrons. The van der Waals surface area contributed by atoms with Gasteiger partial charge in [-0.05, 0) is 99.8 Å². The molecule has 0 spiro atoms. The number of para-hydroxylation sites is 5. The predicted molar refractivity (Wildman–Crippen MR) is 257 cm³/mol. The molecule has 0 N–H and O–H groups in total. The first-order valence-corrected chi connectivity index (χ1v) is 20.8. The van der Waals surface area contributed by atoms with Gasteiger partial charge in [-0.15, -0.1) is 0 Å². The molecule has 12 rings (SSSR count). The number of rotatable bonds is 7. The van der Waals surface area contributed by atoms with Gasteiger partial charge in [0.25, 0.3) is 0 Å². The minimum absolute atomic E-state index is 0.863. The molecule has 0 atom stereocenters. The Morgan fingerprint density at radius 1 is 0.328 bits per heavy atom. The quantitative estimate of drug-likeness (QED) is 0.161. The van der Waals surface area contributed by atoms with E-state index in [9.17, 15) is 0 Å². The number of hydrogen-bond donors (Lipinski definition) is 0. The van der Waals surface area contributed by atoms with Crippen LogP contribution in [0.3, 0.4) is 0 Å². The molecule has 3 heteroatoms. The zero-order valence-electron chi connectivity index (χ0n) is 33.2. The minimum Gasteiger partial charge on any atom is -0.456 e. The number of benzene rings is 10. The zero-order chi connectivity index (χ0) is 40.3. The fraction of sp³-hybridized carbons (Fsp3) is 0. The number of aromatic nitrogens is 1. The number of fused-ring (bicyclic) bond motifs is 7. The summed E-state index contributed by atoms with van der Waals surface area (Å²) in [5.41, 5.74) is 15.5. The number of furan rings is 1. The Balaban J connectivity index is 0.969. The summed E-state index contributed by atoms with van der Waals surface area (Å²) in [6.45, 7) is 0. The average molecular weight is 779 g/mol. The summed E-state index contributed by atoms with van der Waals surface area (Å²) in [5, 5.41) is 7.19. The molecule has 0 fully saturated rings. The van der Waals surface area contributed by atoms with E-state index in [0.717, 1.165) is 61.4 Å². The lowest BCUT2D eigenvalue weighted by atomic mass is 9.97. The Morgan fingerprint density at radius 2 is 0.918 bits per heavy atom. The van der Waals surface area contributed by atoms with Gasteiger partial charge in [0, 0.05) is 50.1 Å². The maximum atomic E-state index is 6.45. The van der Waals surface area contributed by atoms with E-state index in [1.165, 1.54) is 49.3 Å². The summed E-state index contributed by atoms with van der Waals surface area (Å²) in [7, 11) is 0. The molecule has 0 aliphatic carbocycles. The third-order valence-electron chi connectivity index (χ3n) is 12.2. The zero-order valence-corrected chi connectivity index (χ0v) is 33.2. The van der Waals surface area contributed by atoms with Crippen molar-refractivity contribution in [2.45, 2.75) is 0 Å². The van der Waals surface area contributed by atoms with Crippen molar-refractivity contribution in [2.24, 2.45) is 0 Å². The molecule has 0 saturated carbocycles. The molecule has 0 aliphatic heterocycles. The van der Waals surface area contributed by atoms with Gasteiger partial charge in [-0.3, -0.25) is 0 Å². The Labute approximate surface area is 353 Å². The van der Waals surface area contributed by atoms with Crippen molar-refractivity contribution in [1.82, 2.24) is 4.57 Å². The molecule has 2 aromatic heterocycles.